The maximum Gasteiger partial charge on any atom is 0.413 e. The van der Waals surface area contributed by atoms with Gasteiger partial charge in [-0.25, -0.2) is 9.78 Å². The third-order valence-corrected chi connectivity index (χ3v) is 3.89. The largest absolute Gasteiger partial charge is 0.452 e. The molecule has 3 N–H and O–H groups in total. The van der Waals surface area contributed by atoms with Crippen molar-refractivity contribution < 1.29 is 9.53 Å². The summed E-state index contributed by atoms with van der Waals surface area (Å²) < 4.78 is 4.78. The number of carbonyl (C=O) groups is 1. The van der Waals surface area contributed by atoms with Gasteiger partial charge in [-0.3, -0.25) is 15.0 Å². The number of H-pyrrole nitrogens is 1. The SMILES string of the molecule is COC(=O)N(C)c1cc(Nc2cncc(Nc3cc(C)[nH]n3)n2)ccc1C. The van der Waals surface area contributed by atoms with Crippen molar-refractivity contribution in [3.05, 3.63) is 47.9 Å². The van der Waals surface area contributed by atoms with Gasteiger partial charge in [-0.2, -0.15) is 5.10 Å². The Morgan fingerprint density at radius 2 is 1.85 bits per heavy atom. The van der Waals surface area contributed by atoms with Crippen molar-refractivity contribution in [1.82, 2.24) is 20.2 Å². The summed E-state index contributed by atoms with van der Waals surface area (Å²) in [5, 5.41) is 13.3. The molecule has 0 saturated heterocycles. The van der Waals surface area contributed by atoms with Gasteiger partial charge in [0.15, 0.2) is 17.5 Å². The molecule has 9 heteroatoms. The van der Waals surface area contributed by atoms with Crippen molar-refractivity contribution in [1.29, 1.82) is 0 Å². The molecule has 0 aliphatic heterocycles. The summed E-state index contributed by atoms with van der Waals surface area (Å²) in [4.78, 5) is 21.9. The normalized spacial score (nSPS) is 10.4. The van der Waals surface area contributed by atoms with Crippen LogP contribution in [-0.2, 0) is 4.74 Å². The van der Waals surface area contributed by atoms with Crippen LogP contribution in [0.25, 0.3) is 0 Å². The van der Waals surface area contributed by atoms with E-state index in [9.17, 15) is 4.79 Å². The summed E-state index contributed by atoms with van der Waals surface area (Å²) in [6, 6.07) is 7.55. The highest BCUT2D eigenvalue weighted by atomic mass is 16.5. The maximum atomic E-state index is 11.8. The Labute approximate surface area is 156 Å². The number of hydrogen-bond donors (Lipinski definition) is 3. The van der Waals surface area contributed by atoms with E-state index in [1.807, 2.05) is 38.1 Å². The van der Waals surface area contributed by atoms with E-state index in [1.54, 1.807) is 19.4 Å². The molecule has 0 bridgehead atoms. The first kappa shape index (κ1) is 18.2. The first-order valence-corrected chi connectivity index (χ1v) is 8.26. The molecule has 0 atom stereocenters. The summed E-state index contributed by atoms with van der Waals surface area (Å²) in [6.45, 7) is 3.84. The van der Waals surface area contributed by atoms with Crippen LogP contribution < -0.4 is 15.5 Å². The van der Waals surface area contributed by atoms with Crippen molar-refractivity contribution in [2.24, 2.45) is 0 Å². The second-order valence-electron chi connectivity index (χ2n) is 6.01. The van der Waals surface area contributed by atoms with E-state index in [0.29, 0.717) is 17.5 Å². The molecule has 3 rings (SSSR count). The maximum absolute atomic E-state index is 11.8. The molecule has 0 fully saturated rings. The minimum Gasteiger partial charge on any atom is -0.452 e. The number of amides is 1. The van der Waals surface area contributed by atoms with Crippen molar-refractivity contribution in [3.8, 4) is 0 Å². The fourth-order valence-electron chi connectivity index (χ4n) is 2.53. The van der Waals surface area contributed by atoms with Gasteiger partial charge in [-0.1, -0.05) is 6.07 Å². The lowest BCUT2D eigenvalue weighted by Gasteiger charge is -2.19. The van der Waals surface area contributed by atoms with Crippen LogP contribution in [0.4, 0.5) is 33.6 Å². The standard InChI is InChI=1S/C18H21N7O2/c1-11-5-6-13(8-14(11)25(3)18(26)27-4)20-16-9-19-10-17(22-16)21-15-7-12(2)23-24-15/h5-10H,1-4H3,(H3,20,21,22,23,24). The number of aromatic amines is 1. The molecule has 27 heavy (non-hydrogen) atoms. The Morgan fingerprint density at radius 1 is 1.11 bits per heavy atom. The number of aromatic nitrogens is 4. The summed E-state index contributed by atoms with van der Waals surface area (Å²) in [7, 11) is 3.01. The van der Waals surface area contributed by atoms with Gasteiger partial charge >= 0.3 is 6.09 Å². The number of nitrogens with zero attached hydrogens (tertiary/aromatic N) is 4. The zero-order valence-electron chi connectivity index (χ0n) is 15.6. The van der Waals surface area contributed by atoms with Crippen LogP contribution in [0.15, 0.2) is 36.7 Å². The smallest absolute Gasteiger partial charge is 0.413 e. The lowest BCUT2D eigenvalue weighted by atomic mass is 10.1. The predicted octanol–water partition coefficient (Wildman–Crippen LogP) is 3.51. The molecule has 0 spiro atoms. The Balaban J connectivity index is 1.79. The lowest BCUT2D eigenvalue weighted by molar-refractivity contribution is 0.180. The minimum absolute atomic E-state index is 0.435. The number of benzene rings is 1. The second kappa shape index (κ2) is 7.73. The van der Waals surface area contributed by atoms with E-state index in [1.165, 1.54) is 12.0 Å². The minimum atomic E-state index is -0.435. The molecule has 1 amide bonds. The highest BCUT2D eigenvalue weighted by Gasteiger charge is 2.14. The van der Waals surface area contributed by atoms with Crippen LogP contribution >= 0.6 is 0 Å². The van der Waals surface area contributed by atoms with Gasteiger partial charge in [0.25, 0.3) is 0 Å². The Kier molecular flexibility index (Phi) is 5.20. The predicted molar refractivity (Wildman–Crippen MR) is 104 cm³/mol. The molecule has 0 aliphatic rings. The van der Waals surface area contributed by atoms with E-state index in [0.717, 1.165) is 22.6 Å². The second-order valence-corrected chi connectivity index (χ2v) is 6.01. The summed E-state index contributed by atoms with van der Waals surface area (Å²) in [5.74, 6) is 1.78. The number of hydrogen-bond acceptors (Lipinski definition) is 7. The van der Waals surface area contributed by atoms with Gasteiger partial charge in [-0.15, -0.1) is 0 Å². The van der Waals surface area contributed by atoms with Crippen LogP contribution in [0.1, 0.15) is 11.3 Å². The molecule has 0 aliphatic carbocycles. The average Bonchev–Trinajstić information content (AvgIpc) is 3.07. The lowest BCUT2D eigenvalue weighted by Crippen LogP contribution is -2.26. The molecule has 0 radical (unpaired) electrons. The van der Waals surface area contributed by atoms with Gasteiger partial charge in [0.05, 0.1) is 25.2 Å². The third kappa shape index (κ3) is 4.32. The molecule has 0 saturated carbocycles. The fourth-order valence-corrected chi connectivity index (χ4v) is 2.53. The highest BCUT2D eigenvalue weighted by Crippen LogP contribution is 2.26. The molecule has 2 aromatic heterocycles. The summed E-state index contributed by atoms with van der Waals surface area (Å²) >= 11 is 0. The van der Waals surface area contributed by atoms with E-state index in [2.05, 4.69) is 30.8 Å². The number of methoxy groups -OCH3 is 1. The van der Waals surface area contributed by atoms with Crippen molar-refractivity contribution in [3.63, 3.8) is 0 Å². The average molecular weight is 367 g/mol. The Hall–Kier alpha value is -3.62. The van der Waals surface area contributed by atoms with E-state index < -0.39 is 6.09 Å². The monoisotopic (exact) mass is 367 g/mol. The van der Waals surface area contributed by atoms with E-state index in [4.69, 9.17) is 4.74 Å². The van der Waals surface area contributed by atoms with Crippen LogP contribution in [0.3, 0.4) is 0 Å². The Bertz CT molecular complexity index is 954. The quantitative estimate of drug-likeness (QED) is 0.633. The van der Waals surface area contributed by atoms with Crippen LogP contribution in [0.5, 0.6) is 0 Å². The van der Waals surface area contributed by atoms with Gasteiger partial charge in [0.2, 0.25) is 0 Å². The van der Waals surface area contributed by atoms with E-state index in [-0.39, 0.29) is 0 Å². The molecule has 9 nitrogen and oxygen atoms in total. The number of carbonyl (C=O) groups excluding carboxylic acids is 1. The zero-order chi connectivity index (χ0) is 19.4. The topological polar surface area (TPSA) is 108 Å². The van der Waals surface area contributed by atoms with Crippen molar-refractivity contribution >= 4 is 34.9 Å². The number of nitrogens with one attached hydrogen (secondary N) is 3. The van der Waals surface area contributed by atoms with Crippen LogP contribution in [0.2, 0.25) is 0 Å². The van der Waals surface area contributed by atoms with Gasteiger partial charge in [0.1, 0.15) is 0 Å². The highest BCUT2D eigenvalue weighted by molar-refractivity contribution is 5.89. The fraction of sp³-hybridized carbons (Fsp3) is 0.222. The number of anilines is 5. The molecule has 140 valence electrons. The third-order valence-electron chi connectivity index (χ3n) is 3.89. The first-order valence-electron chi connectivity index (χ1n) is 8.26. The summed E-state index contributed by atoms with van der Waals surface area (Å²) in [6.07, 6.45) is 2.79. The number of ether oxygens (including phenoxy) is 1. The molecular formula is C18H21N7O2. The molecule has 3 aromatic rings. The Morgan fingerprint density at radius 3 is 2.52 bits per heavy atom. The molecule has 0 unspecified atom stereocenters. The van der Waals surface area contributed by atoms with Gasteiger partial charge in [0, 0.05) is 24.5 Å². The number of aryl methyl sites for hydroxylation is 2. The number of rotatable bonds is 5. The van der Waals surface area contributed by atoms with E-state index >= 15 is 0 Å². The van der Waals surface area contributed by atoms with Crippen LogP contribution in [-0.4, -0.2) is 40.4 Å². The van der Waals surface area contributed by atoms with Crippen molar-refractivity contribution in [2.45, 2.75) is 13.8 Å². The molecular weight excluding hydrogens is 346 g/mol. The molecule has 2 heterocycles. The first-order chi connectivity index (χ1) is 13.0. The summed E-state index contributed by atoms with van der Waals surface area (Å²) in [5.41, 5.74) is 3.40. The zero-order valence-corrected chi connectivity index (χ0v) is 15.6. The van der Waals surface area contributed by atoms with Crippen molar-refractivity contribution in [2.75, 3.05) is 29.7 Å². The van der Waals surface area contributed by atoms with Gasteiger partial charge < -0.3 is 15.4 Å². The van der Waals surface area contributed by atoms with Crippen LogP contribution in [0, 0.1) is 13.8 Å². The van der Waals surface area contributed by atoms with Gasteiger partial charge in [-0.05, 0) is 31.5 Å². The molecule has 1 aromatic carbocycles.